The maximum Gasteiger partial charge on any atom is 0.193 e. The van der Waals surface area contributed by atoms with Crippen molar-refractivity contribution in [2.75, 3.05) is 25.0 Å². The minimum atomic E-state index is 0. The molecule has 3 aromatic rings. The Hall–Kier alpha value is -2.17. The molecule has 6 nitrogen and oxygen atoms in total. The van der Waals surface area contributed by atoms with Gasteiger partial charge in [0, 0.05) is 30.2 Å². The Bertz CT molecular complexity index is 1000. The molecule has 0 aliphatic carbocycles. The number of benzene rings is 2. The maximum absolute atomic E-state index is 6.14. The first kappa shape index (κ1) is 24.5. The van der Waals surface area contributed by atoms with Crippen LogP contribution in [-0.2, 0) is 6.54 Å². The lowest BCUT2D eigenvalue weighted by Gasteiger charge is -2.30. The van der Waals surface area contributed by atoms with Crippen molar-refractivity contribution >= 4 is 47.0 Å². The number of aromatic nitrogens is 1. The Morgan fingerprint density at radius 3 is 2.62 bits per heavy atom. The molecule has 1 aliphatic rings. The number of halogens is 1. The number of hydrogen-bond donors (Lipinski definition) is 2. The molecule has 2 aromatic carbocycles. The second-order valence-corrected chi connectivity index (χ2v) is 8.93. The highest BCUT2D eigenvalue weighted by molar-refractivity contribution is 14.0. The lowest BCUT2D eigenvalue weighted by atomic mass is 9.97. The van der Waals surface area contributed by atoms with Crippen LogP contribution in [0, 0.1) is 12.8 Å². The van der Waals surface area contributed by atoms with Crippen molar-refractivity contribution in [2.24, 2.45) is 16.6 Å². The van der Waals surface area contributed by atoms with Gasteiger partial charge in [-0.1, -0.05) is 24.3 Å². The predicted octanol–water partition coefficient (Wildman–Crippen LogP) is 5.50. The van der Waals surface area contributed by atoms with Crippen LogP contribution in [0.5, 0.6) is 11.5 Å². The van der Waals surface area contributed by atoms with Gasteiger partial charge in [0.05, 0.1) is 10.7 Å². The maximum atomic E-state index is 6.14. The summed E-state index contributed by atoms with van der Waals surface area (Å²) in [5, 5.41) is 6.48. The van der Waals surface area contributed by atoms with E-state index in [0.717, 1.165) is 61.2 Å². The van der Waals surface area contributed by atoms with E-state index in [0.29, 0.717) is 11.9 Å². The van der Waals surface area contributed by atoms with Crippen LogP contribution in [-0.4, -0.2) is 35.5 Å². The summed E-state index contributed by atoms with van der Waals surface area (Å²) in [5.41, 5.74) is 8.19. The fourth-order valence-electron chi connectivity index (χ4n) is 3.71. The van der Waals surface area contributed by atoms with Gasteiger partial charge < -0.3 is 15.8 Å². The highest BCUT2D eigenvalue weighted by atomic mass is 127. The van der Waals surface area contributed by atoms with Gasteiger partial charge in [-0.2, -0.15) is 0 Å². The van der Waals surface area contributed by atoms with Gasteiger partial charge in [-0.05, 0) is 63.0 Å². The summed E-state index contributed by atoms with van der Waals surface area (Å²) in [5.74, 6) is 2.57. The van der Waals surface area contributed by atoms with Crippen molar-refractivity contribution in [3.8, 4) is 11.5 Å². The number of likely N-dealkylation sites (tertiary alicyclic amines) is 1. The quantitative estimate of drug-likeness (QED) is 0.226. The van der Waals surface area contributed by atoms with Crippen LogP contribution in [0.1, 0.15) is 23.5 Å². The predicted molar refractivity (Wildman–Crippen MR) is 143 cm³/mol. The van der Waals surface area contributed by atoms with Crippen LogP contribution in [0.15, 0.2) is 65.0 Å². The number of para-hydroxylation sites is 1. The first-order chi connectivity index (χ1) is 15.1. The van der Waals surface area contributed by atoms with Gasteiger partial charge in [-0.15, -0.1) is 35.3 Å². The van der Waals surface area contributed by atoms with Crippen molar-refractivity contribution in [1.82, 2.24) is 9.88 Å². The van der Waals surface area contributed by atoms with E-state index < -0.39 is 0 Å². The number of guanidine groups is 1. The number of anilines is 1. The summed E-state index contributed by atoms with van der Waals surface area (Å²) in [6.07, 6.45) is 2.28. The second-order valence-electron chi connectivity index (χ2n) is 7.87. The molecule has 3 N–H and O–H groups in total. The molecule has 0 unspecified atom stereocenters. The number of hydrogen-bond acceptors (Lipinski definition) is 5. The van der Waals surface area contributed by atoms with Gasteiger partial charge >= 0.3 is 0 Å². The summed E-state index contributed by atoms with van der Waals surface area (Å²) in [7, 11) is 0. The van der Waals surface area contributed by atoms with Gasteiger partial charge in [0.2, 0.25) is 0 Å². The van der Waals surface area contributed by atoms with Crippen molar-refractivity contribution in [3.05, 3.63) is 70.7 Å². The summed E-state index contributed by atoms with van der Waals surface area (Å²) < 4.78 is 5.88. The molecule has 1 saturated heterocycles. The average Bonchev–Trinajstić information content (AvgIpc) is 3.19. The fourth-order valence-corrected chi connectivity index (χ4v) is 4.32. The van der Waals surface area contributed by atoms with Gasteiger partial charge in [0.15, 0.2) is 5.96 Å². The summed E-state index contributed by atoms with van der Waals surface area (Å²) in [6, 6.07) is 17.5. The first-order valence-electron chi connectivity index (χ1n) is 10.7. The number of ether oxygens (including phenoxy) is 1. The summed E-state index contributed by atoms with van der Waals surface area (Å²) >= 11 is 1.72. The molecule has 0 saturated carbocycles. The number of aliphatic imine (C=N–C) groups is 1. The summed E-state index contributed by atoms with van der Waals surface area (Å²) in [6.45, 7) is 5.93. The first-order valence-corrected chi connectivity index (χ1v) is 11.6. The Labute approximate surface area is 210 Å². The van der Waals surface area contributed by atoms with Crippen LogP contribution < -0.4 is 15.8 Å². The lowest BCUT2D eigenvalue weighted by molar-refractivity contribution is 0.179. The van der Waals surface area contributed by atoms with E-state index in [2.05, 4.69) is 32.5 Å². The summed E-state index contributed by atoms with van der Waals surface area (Å²) in [4.78, 5) is 11.6. The van der Waals surface area contributed by atoms with Gasteiger partial charge in [-0.25, -0.2) is 4.98 Å². The van der Waals surface area contributed by atoms with Crippen LogP contribution >= 0.6 is 35.3 Å². The Morgan fingerprint density at radius 1 is 1.16 bits per heavy atom. The zero-order valence-electron chi connectivity index (χ0n) is 18.2. The van der Waals surface area contributed by atoms with Crippen LogP contribution in [0.25, 0.3) is 0 Å². The molecule has 32 heavy (non-hydrogen) atoms. The monoisotopic (exact) mass is 563 g/mol. The molecule has 0 atom stereocenters. The van der Waals surface area contributed by atoms with E-state index in [9.17, 15) is 0 Å². The van der Waals surface area contributed by atoms with Gasteiger partial charge in [0.1, 0.15) is 11.5 Å². The van der Waals surface area contributed by atoms with E-state index in [-0.39, 0.29) is 24.0 Å². The Kier molecular flexibility index (Phi) is 9.31. The van der Waals surface area contributed by atoms with Crippen LogP contribution in [0.4, 0.5) is 5.69 Å². The molecular weight excluding hydrogens is 533 g/mol. The molecule has 1 fully saturated rings. The minimum absolute atomic E-state index is 0. The van der Waals surface area contributed by atoms with Crippen molar-refractivity contribution in [3.63, 3.8) is 0 Å². The number of aryl methyl sites for hydroxylation is 1. The molecule has 2 heterocycles. The zero-order chi connectivity index (χ0) is 21.5. The number of rotatable bonds is 7. The van der Waals surface area contributed by atoms with Gasteiger partial charge in [0.25, 0.3) is 0 Å². The minimum Gasteiger partial charge on any atom is -0.457 e. The van der Waals surface area contributed by atoms with Gasteiger partial charge in [-0.3, -0.25) is 9.89 Å². The number of nitrogens with one attached hydrogen (secondary N) is 1. The SMILES string of the molecule is Cc1nc(CN2CCC(CN=C(N)Nc3cccc(Oc4ccccc4)c3)CC2)cs1.I. The molecule has 170 valence electrons. The normalized spacial score (nSPS) is 15.2. The number of nitrogens with two attached hydrogens (primary N) is 1. The highest BCUT2D eigenvalue weighted by Crippen LogP contribution is 2.24. The third-order valence-corrected chi connectivity index (χ3v) is 6.19. The van der Waals surface area contributed by atoms with Crippen LogP contribution in [0.2, 0.25) is 0 Å². The molecule has 4 rings (SSSR count). The van der Waals surface area contributed by atoms with E-state index in [1.807, 2.05) is 54.6 Å². The Balaban J connectivity index is 0.00000289. The van der Waals surface area contributed by atoms with Crippen molar-refractivity contribution in [2.45, 2.75) is 26.3 Å². The fraction of sp³-hybridized carbons (Fsp3) is 0.333. The van der Waals surface area contributed by atoms with Crippen molar-refractivity contribution in [1.29, 1.82) is 0 Å². The number of nitrogens with zero attached hydrogens (tertiary/aromatic N) is 3. The van der Waals surface area contributed by atoms with Crippen LogP contribution in [0.3, 0.4) is 0 Å². The molecule has 0 bridgehead atoms. The van der Waals surface area contributed by atoms with E-state index >= 15 is 0 Å². The number of piperidine rings is 1. The highest BCUT2D eigenvalue weighted by Gasteiger charge is 2.19. The number of thiazole rings is 1. The standard InChI is InChI=1S/C24H29N5OS.HI/c1-18-27-21(17-31-18)16-29-12-10-19(11-13-29)15-26-24(25)28-20-6-5-9-23(14-20)30-22-7-3-2-4-8-22;/h2-9,14,17,19H,10-13,15-16H2,1H3,(H3,25,26,28);1H. The molecular formula is C24H30IN5OS. The van der Waals surface area contributed by atoms with Crippen molar-refractivity contribution < 1.29 is 4.74 Å². The zero-order valence-corrected chi connectivity index (χ0v) is 21.4. The molecule has 0 amide bonds. The molecule has 8 heteroatoms. The largest absolute Gasteiger partial charge is 0.457 e. The molecule has 1 aliphatic heterocycles. The molecule has 1 aromatic heterocycles. The topological polar surface area (TPSA) is 75.8 Å². The van der Waals surface area contributed by atoms with E-state index in [4.69, 9.17) is 10.5 Å². The second kappa shape index (κ2) is 12.2. The third-order valence-electron chi connectivity index (χ3n) is 5.36. The van der Waals surface area contributed by atoms with E-state index in [1.54, 1.807) is 11.3 Å². The molecule has 0 radical (unpaired) electrons. The molecule has 0 spiro atoms. The lowest BCUT2D eigenvalue weighted by Crippen LogP contribution is -2.34. The van der Waals surface area contributed by atoms with E-state index in [1.165, 1.54) is 5.69 Å². The third kappa shape index (κ3) is 7.46. The average molecular weight is 564 g/mol. The smallest absolute Gasteiger partial charge is 0.193 e. The Morgan fingerprint density at radius 2 is 1.91 bits per heavy atom.